The number of benzene rings is 2. The third-order valence-electron chi connectivity index (χ3n) is 5.06. The van der Waals surface area contributed by atoms with E-state index in [2.05, 4.69) is 5.32 Å². The van der Waals surface area contributed by atoms with Gasteiger partial charge in [-0.15, -0.1) is 0 Å². The molecule has 0 aromatic heterocycles. The first-order chi connectivity index (χ1) is 14.8. The molecule has 1 atom stereocenters. The average molecular weight is 445 g/mol. The standard InChI is InChI=1S/C23H28N2O5S/c1-17(2)30-22(26)16-21(18-8-4-3-5-9-18)24-23(27)19-10-12-20(13-11-19)31(28,29)25-14-6-7-15-25/h3-5,8-13,17,21H,6-7,14-16H2,1-2H3,(H,24,27). The minimum atomic E-state index is -3.53. The van der Waals surface area contributed by atoms with Crippen molar-refractivity contribution >= 4 is 21.9 Å². The molecule has 31 heavy (non-hydrogen) atoms. The van der Waals surface area contributed by atoms with Crippen LogP contribution in [0.2, 0.25) is 0 Å². The van der Waals surface area contributed by atoms with E-state index >= 15 is 0 Å². The van der Waals surface area contributed by atoms with Gasteiger partial charge >= 0.3 is 5.97 Å². The van der Waals surface area contributed by atoms with Crippen LogP contribution in [0.3, 0.4) is 0 Å². The van der Waals surface area contributed by atoms with Gasteiger partial charge in [0.15, 0.2) is 0 Å². The Morgan fingerprint density at radius 2 is 1.61 bits per heavy atom. The zero-order valence-electron chi connectivity index (χ0n) is 17.8. The summed E-state index contributed by atoms with van der Waals surface area (Å²) < 4.78 is 32.0. The minimum absolute atomic E-state index is 0.00461. The Kier molecular flexibility index (Phi) is 7.46. The van der Waals surface area contributed by atoms with Gasteiger partial charge in [0, 0.05) is 18.7 Å². The molecule has 3 rings (SSSR count). The molecule has 0 saturated carbocycles. The maximum absolute atomic E-state index is 12.8. The van der Waals surface area contributed by atoms with Crippen LogP contribution in [0, 0.1) is 0 Å². The van der Waals surface area contributed by atoms with Crippen LogP contribution in [-0.2, 0) is 19.6 Å². The van der Waals surface area contributed by atoms with Crippen LogP contribution in [0.5, 0.6) is 0 Å². The molecule has 1 aliphatic heterocycles. The van der Waals surface area contributed by atoms with Crippen LogP contribution in [-0.4, -0.2) is 43.8 Å². The van der Waals surface area contributed by atoms with Crippen molar-refractivity contribution in [3.05, 3.63) is 65.7 Å². The van der Waals surface area contributed by atoms with Gasteiger partial charge in [-0.25, -0.2) is 8.42 Å². The van der Waals surface area contributed by atoms with E-state index in [1.54, 1.807) is 13.8 Å². The van der Waals surface area contributed by atoms with Crippen molar-refractivity contribution in [2.45, 2.75) is 50.2 Å². The number of sulfonamides is 1. The average Bonchev–Trinajstić information content (AvgIpc) is 3.29. The summed E-state index contributed by atoms with van der Waals surface area (Å²) in [7, 11) is -3.53. The number of hydrogen-bond acceptors (Lipinski definition) is 5. The molecule has 0 radical (unpaired) electrons. The van der Waals surface area contributed by atoms with Crippen LogP contribution in [0.15, 0.2) is 59.5 Å². The molecule has 0 spiro atoms. The highest BCUT2D eigenvalue weighted by Crippen LogP contribution is 2.22. The number of nitrogens with zero attached hydrogens (tertiary/aromatic N) is 1. The number of hydrogen-bond donors (Lipinski definition) is 1. The van der Waals surface area contributed by atoms with Gasteiger partial charge in [0.05, 0.1) is 23.5 Å². The molecule has 1 N–H and O–H groups in total. The lowest BCUT2D eigenvalue weighted by Crippen LogP contribution is -2.31. The SMILES string of the molecule is CC(C)OC(=O)CC(NC(=O)c1ccc(S(=O)(=O)N2CCCC2)cc1)c1ccccc1. The topological polar surface area (TPSA) is 92.8 Å². The summed E-state index contributed by atoms with van der Waals surface area (Å²) in [5.41, 5.74) is 1.10. The molecule has 0 aliphatic carbocycles. The van der Waals surface area contributed by atoms with Gasteiger partial charge in [-0.2, -0.15) is 4.31 Å². The summed E-state index contributed by atoms with van der Waals surface area (Å²) in [6, 6.07) is 14.5. The van der Waals surface area contributed by atoms with Crippen LogP contribution >= 0.6 is 0 Å². The molecule has 166 valence electrons. The predicted molar refractivity (Wildman–Crippen MR) is 117 cm³/mol. The molecular weight excluding hydrogens is 416 g/mol. The van der Waals surface area contributed by atoms with Gasteiger partial charge in [0.2, 0.25) is 10.0 Å². The molecule has 1 heterocycles. The number of amides is 1. The molecule has 1 fully saturated rings. The molecule has 0 bridgehead atoms. The van der Waals surface area contributed by atoms with Crippen LogP contribution < -0.4 is 5.32 Å². The summed E-state index contributed by atoms with van der Waals surface area (Å²) in [6.45, 7) is 4.59. The molecule has 1 amide bonds. The van der Waals surface area contributed by atoms with Crippen molar-refractivity contribution in [2.75, 3.05) is 13.1 Å². The van der Waals surface area contributed by atoms with Gasteiger partial charge in [-0.05, 0) is 56.5 Å². The number of nitrogens with one attached hydrogen (secondary N) is 1. The van der Waals surface area contributed by atoms with Crippen LogP contribution in [0.25, 0.3) is 0 Å². The van der Waals surface area contributed by atoms with Crippen molar-refractivity contribution in [3.63, 3.8) is 0 Å². The monoisotopic (exact) mass is 444 g/mol. The lowest BCUT2D eigenvalue weighted by molar-refractivity contribution is -0.147. The molecular formula is C23H28N2O5S. The van der Waals surface area contributed by atoms with E-state index in [0.717, 1.165) is 18.4 Å². The van der Waals surface area contributed by atoms with E-state index in [4.69, 9.17) is 4.74 Å². The van der Waals surface area contributed by atoms with Crippen LogP contribution in [0.4, 0.5) is 0 Å². The van der Waals surface area contributed by atoms with E-state index < -0.39 is 27.9 Å². The second-order valence-corrected chi connectivity index (χ2v) is 9.75. The highest BCUT2D eigenvalue weighted by molar-refractivity contribution is 7.89. The van der Waals surface area contributed by atoms with E-state index in [1.807, 2.05) is 30.3 Å². The third-order valence-corrected chi connectivity index (χ3v) is 6.98. The van der Waals surface area contributed by atoms with E-state index in [1.165, 1.54) is 28.6 Å². The van der Waals surface area contributed by atoms with Crippen molar-refractivity contribution in [2.24, 2.45) is 0 Å². The molecule has 2 aromatic rings. The minimum Gasteiger partial charge on any atom is -0.463 e. The fraction of sp³-hybridized carbons (Fsp3) is 0.391. The number of carbonyl (C=O) groups is 2. The van der Waals surface area contributed by atoms with Crippen molar-refractivity contribution < 1.29 is 22.7 Å². The van der Waals surface area contributed by atoms with Crippen molar-refractivity contribution in [1.82, 2.24) is 9.62 Å². The zero-order valence-corrected chi connectivity index (χ0v) is 18.6. The molecule has 1 unspecified atom stereocenters. The van der Waals surface area contributed by atoms with Crippen molar-refractivity contribution in [1.29, 1.82) is 0 Å². The van der Waals surface area contributed by atoms with E-state index in [-0.39, 0.29) is 17.4 Å². The second-order valence-electron chi connectivity index (χ2n) is 7.82. The smallest absolute Gasteiger partial charge is 0.308 e. The normalized spacial score (nSPS) is 15.6. The Morgan fingerprint density at radius 1 is 1.00 bits per heavy atom. The van der Waals surface area contributed by atoms with E-state index in [9.17, 15) is 18.0 Å². The largest absolute Gasteiger partial charge is 0.463 e. The lowest BCUT2D eigenvalue weighted by Gasteiger charge is -2.20. The van der Waals surface area contributed by atoms with Gasteiger partial charge in [-0.1, -0.05) is 30.3 Å². The summed E-state index contributed by atoms with van der Waals surface area (Å²) in [4.78, 5) is 25.2. The zero-order chi connectivity index (χ0) is 22.4. The number of esters is 1. The van der Waals surface area contributed by atoms with Crippen molar-refractivity contribution in [3.8, 4) is 0 Å². The third kappa shape index (κ3) is 5.92. The van der Waals surface area contributed by atoms with Crippen LogP contribution in [0.1, 0.15) is 55.1 Å². The summed E-state index contributed by atoms with van der Waals surface area (Å²) in [5.74, 6) is -0.799. The highest BCUT2D eigenvalue weighted by atomic mass is 32.2. The molecule has 2 aromatic carbocycles. The Bertz CT molecular complexity index is 998. The first kappa shape index (κ1) is 23.0. The summed E-state index contributed by atoms with van der Waals surface area (Å²) in [6.07, 6.45) is 1.47. The number of ether oxygens (including phenoxy) is 1. The van der Waals surface area contributed by atoms with Gasteiger partial charge < -0.3 is 10.1 Å². The maximum Gasteiger partial charge on any atom is 0.308 e. The Balaban J connectivity index is 1.74. The maximum atomic E-state index is 12.8. The van der Waals surface area contributed by atoms with Gasteiger partial charge in [0.25, 0.3) is 5.91 Å². The highest BCUT2D eigenvalue weighted by Gasteiger charge is 2.27. The number of carbonyl (C=O) groups excluding carboxylic acids is 2. The lowest BCUT2D eigenvalue weighted by atomic mass is 10.0. The summed E-state index contributed by atoms with van der Waals surface area (Å²) >= 11 is 0. The molecule has 7 nitrogen and oxygen atoms in total. The second kappa shape index (κ2) is 10.1. The predicted octanol–water partition coefficient (Wildman–Crippen LogP) is 3.28. The molecule has 1 aliphatic rings. The van der Waals surface area contributed by atoms with Gasteiger partial charge in [0.1, 0.15) is 0 Å². The van der Waals surface area contributed by atoms with Gasteiger partial charge in [-0.3, -0.25) is 9.59 Å². The summed E-state index contributed by atoms with van der Waals surface area (Å²) in [5, 5.41) is 2.87. The fourth-order valence-corrected chi connectivity index (χ4v) is 5.03. The molecule has 1 saturated heterocycles. The number of rotatable bonds is 8. The Hall–Kier alpha value is -2.71. The fourth-order valence-electron chi connectivity index (χ4n) is 3.51. The first-order valence-corrected chi connectivity index (χ1v) is 11.9. The molecule has 8 heteroatoms. The van der Waals surface area contributed by atoms with E-state index in [0.29, 0.717) is 18.7 Å². The Morgan fingerprint density at radius 3 is 2.19 bits per heavy atom. The Labute approximate surface area is 183 Å². The quantitative estimate of drug-likeness (QED) is 0.631. The first-order valence-electron chi connectivity index (χ1n) is 10.4.